The number of halogens is 2. The van der Waals surface area contributed by atoms with Gasteiger partial charge in [-0.1, -0.05) is 18.2 Å². The fraction of sp³-hybridized carbons (Fsp3) is 0.389. The largest absolute Gasteiger partial charge is 0.465 e. The lowest BCUT2D eigenvalue weighted by atomic mass is 9.92. The molecule has 1 atom stereocenters. The number of esters is 1. The number of allylic oxidation sites excluding steroid dienone is 4. The smallest absolute Gasteiger partial charge is 0.337 e. The van der Waals surface area contributed by atoms with Crippen molar-refractivity contribution < 1.29 is 23.0 Å². The Morgan fingerprint density at radius 1 is 1.22 bits per heavy atom. The average Bonchev–Trinajstić information content (AvgIpc) is 2.96. The van der Waals surface area contributed by atoms with Crippen LogP contribution in [0.25, 0.3) is 5.57 Å². The summed E-state index contributed by atoms with van der Waals surface area (Å²) in [5, 5.41) is 0. The molecule has 0 bridgehead atoms. The predicted molar refractivity (Wildman–Crippen MR) is 84.4 cm³/mol. The summed E-state index contributed by atoms with van der Waals surface area (Å²) in [5.41, 5.74) is 2.08. The van der Waals surface area contributed by atoms with Gasteiger partial charge in [-0.05, 0) is 35.8 Å². The lowest BCUT2D eigenvalue weighted by Gasteiger charge is -2.14. The number of carbonyl (C=O) groups excluding carboxylic acids is 1. The van der Waals surface area contributed by atoms with Gasteiger partial charge in [0.05, 0.1) is 12.7 Å². The van der Waals surface area contributed by atoms with Crippen molar-refractivity contribution in [3.8, 4) is 0 Å². The molecule has 23 heavy (non-hydrogen) atoms. The number of rotatable bonds is 6. The maximum atomic E-state index is 13.6. The zero-order chi connectivity index (χ0) is 17.0. The van der Waals surface area contributed by atoms with Gasteiger partial charge in [0.15, 0.2) is 0 Å². The third-order valence-electron chi connectivity index (χ3n) is 3.87. The van der Waals surface area contributed by atoms with Crippen molar-refractivity contribution >= 4 is 11.5 Å². The van der Waals surface area contributed by atoms with Gasteiger partial charge >= 0.3 is 5.97 Å². The molecule has 5 heteroatoms. The van der Waals surface area contributed by atoms with Crippen molar-refractivity contribution in [1.82, 2.24) is 0 Å². The molecule has 0 radical (unpaired) electrons. The van der Waals surface area contributed by atoms with Crippen LogP contribution in [0, 0.1) is 5.92 Å². The highest BCUT2D eigenvalue weighted by molar-refractivity contribution is 5.90. The van der Waals surface area contributed by atoms with Gasteiger partial charge in [-0.2, -0.15) is 0 Å². The van der Waals surface area contributed by atoms with Crippen LogP contribution in [0.4, 0.5) is 8.78 Å². The normalized spacial score (nSPS) is 17.7. The highest BCUT2D eigenvalue weighted by Gasteiger charge is 2.32. The lowest BCUT2D eigenvalue weighted by molar-refractivity contribution is 0.0600. The van der Waals surface area contributed by atoms with Crippen molar-refractivity contribution in [3.05, 3.63) is 53.1 Å². The van der Waals surface area contributed by atoms with Crippen LogP contribution < -0.4 is 0 Å². The molecule has 0 saturated carbocycles. The molecule has 1 aromatic carbocycles. The zero-order valence-corrected chi connectivity index (χ0v) is 13.4. The van der Waals surface area contributed by atoms with Crippen LogP contribution in [0.15, 0.2) is 42.0 Å². The molecule has 0 spiro atoms. The van der Waals surface area contributed by atoms with E-state index in [-0.39, 0.29) is 11.5 Å². The van der Waals surface area contributed by atoms with Gasteiger partial charge in [-0.15, -0.1) is 0 Å². The van der Waals surface area contributed by atoms with Gasteiger partial charge in [0.1, 0.15) is 0 Å². The maximum absolute atomic E-state index is 13.6. The Morgan fingerprint density at radius 3 is 2.39 bits per heavy atom. The molecule has 0 aliphatic heterocycles. The van der Waals surface area contributed by atoms with Crippen LogP contribution >= 0.6 is 0 Å². The first-order valence-corrected chi connectivity index (χ1v) is 7.36. The van der Waals surface area contributed by atoms with E-state index >= 15 is 0 Å². The number of carbonyl (C=O) groups is 1. The minimum atomic E-state index is -2.88. The van der Waals surface area contributed by atoms with E-state index in [2.05, 4.69) is 4.74 Å². The molecule has 1 aliphatic carbocycles. The van der Waals surface area contributed by atoms with Crippen LogP contribution in [0.3, 0.4) is 0 Å². The Labute approximate surface area is 134 Å². The average molecular weight is 322 g/mol. The molecule has 1 aromatic rings. The number of hydrogen-bond donors (Lipinski definition) is 0. The maximum Gasteiger partial charge on any atom is 0.337 e. The first-order chi connectivity index (χ1) is 10.9. The Hall–Kier alpha value is -2.01. The molecule has 0 fully saturated rings. The van der Waals surface area contributed by atoms with Crippen molar-refractivity contribution in [3.63, 3.8) is 0 Å². The van der Waals surface area contributed by atoms with E-state index in [9.17, 15) is 13.6 Å². The molecule has 124 valence electrons. The van der Waals surface area contributed by atoms with E-state index in [1.54, 1.807) is 37.5 Å². The van der Waals surface area contributed by atoms with Crippen LogP contribution in [0.5, 0.6) is 0 Å². The number of methoxy groups -OCH3 is 2. The summed E-state index contributed by atoms with van der Waals surface area (Å²) in [6.45, 7) is 1.38. The quantitative estimate of drug-likeness (QED) is 0.740. The van der Waals surface area contributed by atoms with Gasteiger partial charge in [0, 0.05) is 32.1 Å². The second kappa shape index (κ2) is 7.04. The number of benzene rings is 1. The Bertz CT molecular complexity index is 625. The van der Waals surface area contributed by atoms with E-state index in [0.29, 0.717) is 18.6 Å². The zero-order valence-electron chi connectivity index (χ0n) is 13.4. The van der Waals surface area contributed by atoms with E-state index in [4.69, 9.17) is 4.74 Å². The highest BCUT2D eigenvalue weighted by Crippen LogP contribution is 2.40. The second-order valence-corrected chi connectivity index (χ2v) is 5.57. The fourth-order valence-corrected chi connectivity index (χ4v) is 2.60. The Balaban J connectivity index is 2.29. The standard InChI is InChI=1S/C18H20F2O3/c1-18(19,20)15-10-14(8-9-22-2)16(11-15)12-4-6-13(7-5-12)17(21)23-3/h4-7,10-11,14H,8-9H2,1-3H3. The van der Waals surface area contributed by atoms with E-state index in [1.165, 1.54) is 13.2 Å². The fourth-order valence-electron chi connectivity index (χ4n) is 2.60. The van der Waals surface area contributed by atoms with Gasteiger partial charge in [-0.3, -0.25) is 0 Å². The third-order valence-corrected chi connectivity index (χ3v) is 3.87. The molecule has 3 nitrogen and oxygen atoms in total. The molecule has 0 amide bonds. The van der Waals surface area contributed by atoms with Crippen molar-refractivity contribution in [2.24, 2.45) is 5.92 Å². The second-order valence-electron chi connectivity index (χ2n) is 5.57. The molecule has 1 unspecified atom stereocenters. The highest BCUT2D eigenvalue weighted by atomic mass is 19.3. The van der Waals surface area contributed by atoms with Crippen LogP contribution in [-0.4, -0.2) is 32.7 Å². The topological polar surface area (TPSA) is 35.5 Å². The summed E-state index contributed by atoms with van der Waals surface area (Å²) >= 11 is 0. The van der Waals surface area contributed by atoms with Crippen molar-refractivity contribution in [1.29, 1.82) is 0 Å². The van der Waals surface area contributed by atoms with E-state index in [0.717, 1.165) is 18.1 Å². The van der Waals surface area contributed by atoms with Gasteiger partial charge in [0.25, 0.3) is 5.92 Å². The molecular weight excluding hydrogens is 302 g/mol. The first-order valence-electron chi connectivity index (χ1n) is 7.36. The summed E-state index contributed by atoms with van der Waals surface area (Å²) < 4.78 is 37.0. The summed E-state index contributed by atoms with van der Waals surface area (Å²) in [4.78, 5) is 11.5. The SMILES string of the molecule is COCCC1C=C(C(C)(F)F)C=C1c1ccc(C(=O)OC)cc1. The lowest BCUT2D eigenvalue weighted by Crippen LogP contribution is -2.11. The molecular formula is C18H20F2O3. The minimum absolute atomic E-state index is 0.0191. The first kappa shape index (κ1) is 17.3. The molecule has 0 heterocycles. The summed E-state index contributed by atoms with van der Waals surface area (Å²) in [7, 11) is 2.90. The Kier molecular flexibility index (Phi) is 5.31. The molecule has 0 N–H and O–H groups in total. The number of hydrogen-bond acceptors (Lipinski definition) is 3. The molecule has 0 aromatic heterocycles. The number of alkyl halides is 2. The summed E-state index contributed by atoms with van der Waals surface area (Å²) in [5.74, 6) is -3.43. The van der Waals surface area contributed by atoms with Crippen LogP contribution in [-0.2, 0) is 9.47 Å². The van der Waals surface area contributed by atoms with Gasteiger partial charge in [-0.25, -0.2) is 13.6 Å². The van der Waals surface area contributed by atoms with E-state index < -0.39 is 11.9 Å². The molecule has 0 saturated heterocycles. The minimum Gasteiger partial charge on any atom is -0.465 e. The van der Waals surface area contributed by atoms with E-state index in [1.807, 2.05) is 0 Å². The van der Waals surface area contributed by atoms with Crippen LogP contribution in [0.1, 0.15) is 29.3 Å². The summed E-state index contributed by atoms with van der Waals surface area (Å²) in [6.07, 6.45) is 3.76. The number of ether oxygens (including phenoxy) is 2. The molecule has 1 aliphatic rings. The molecule has 2 rings (SSSR count). The van der Waals surface area contributed by atoms with Crippen molar-refractivity contribution in [2.75, 3.05) is 20.8 Å². The predicted octanol–water partition coefficient (Wildman–Crippen LogP) is 4.10. The van der Waals surface area contributed by atoms with Crippen molar-refractivity contribution in [2.45, 2.75) is 19.3 Å². The van der Waals surface area contributed by atoms with Crippen LogP contribution in [0.2, 0.25) is 0 Å². The van der Waals surface area contributed by atoms with Gasteiger partial charge < -0.3 is 9.47 Å². The third kappa shape index (κ3) is 4.05. The summed E-state index contributed by atoms with van der Waals surface area (Å²) in [6, 6.07) is 6.78. The van der Waals surface area contributed by atoms with Gasteiger partial charge in [0.2, 0.25) is 0 Å². The monoisotopic (exact) mass is 322 g/mol. The Morgan fingerprint density at radius 2 is 1.87 bits per heavy atom.